The fourth-order valence-electron chi connectivity index (χ4n) is 4.04. The summed E-state index contributed by atoms with van der Waals surface area (Å²) in [5.74, 6) is 0.594. The molecule has 36 heavy (non-hydrogen) atoms. The van der Waals surface area contributed by atoms with Crippen LogP contribution in [0.15, 0.2) is 101 Å². The maximum atomic E-state index is 13.6. The van der Waals surface area contributed by atoms with Gasteiger partial charge in [-0.25, -0.2) is 4.79 Å². The van der Waals surface area contributed by atoms with Crippen LogP contribution in [-0.4, -0.2) is 19.0 Å². The van der Waals surface area contributed by atoms with Crippen LogP contribution in [0.1, 0.15) is 27.2 Å². The molecule has 0 aliphatic carbocycles. The summed E-state index contributed by atoms with van der Waals surface area (Å²) in [5.41, 5.74) is 5.07. The highest BCUT2D eigenvalue weighted by Gasteiger charge is 2.31. The molecular weight excluding hydrogens is 474 g/mol. The van der Waals surface area contributed by atoms with Gasteiger partial charge in [-0.15, -0.1) is 0 Å². The number of aryl methyl sites for hydroxylation is 1. The Morgan fingerprint density at radius 1 is 0.944 bits per heavy atom. The van der Waals surface area contributed by atoms with Crippen molar-refractivity contribution in [3.8, 4) is 11.3 Å². The number of hydrogen-bond donors (Lipinski definition) is 0. The fourth-order valence-corrected chi connectivity index (χ4v) is 4.22. The van der Waals surface area contributed by atoms with Gasteiger partial charge in [0.15, 0.2) is 0 Å². The van der Waals surface area contributed by atoms with Crippen molar-refractivity contribution in [1.29, 1.82) is 0 Å². The lowest BCUT2D eigenvalue weighted by atomic mass is 10.1. The number of esters is 1. The third kappa shape index (κ3) is 4.49. The number of methoxy groups -OCH3 is 1. The maximum Gasteiger partial charge on any atom is 0.337 e. The predicted octanol–water partition coefficient (Wildman–Crippen LogP) is 7.17. The first-order chi connectivity index (χ1) is 17.4. The normalized spacial score (nSPS) is 14.3. The van der Waals surface area contributed by atoms with Gasteiger partial charge in [0.1, 0.15) is 11.5 Å². The van der Waals surface area contributed by atoms with E-state index in [-0.39, 0.29) is 5.91 Å². The summed E-state index contributed by atoms with van der Waals surface area (Å²) in [4.78, 5) is 26.9. The number of anilines is 1. The van der Waals surface area contributed by atoms with Gasteiger partial charge < -0.3 is 9.15 Å². The summed E-state index contributed by atoms with van der Waals surface area (Å²) < 4.78 is 10.8. The minimum Gasteiger partial charge on any atom is -0.465 e. The predicted molar refractivity (Wildman–Crippen MR) is 142 cm³/mol. The first-order valence-electron chi connectivity index (χ1n) is 11.3. The van der Waals surface area contributed by atoms with Gasteiger partial charge >= 0.3 is 5.97 Å². The number of nitrogens with zero attached hydrogens (tertiary/aromatic N) is 1. The molecule has 1 aliphatic rings. The lowest BCUT2D eigenvalue weighted by Crippen LogP contribution is -2.25. The number of carbonyl (C=O) groups is 2. The molecule has 0 saturated carbocycles. The van der Waals surface area contributed by atoms with Gasteiger partial charge in [-0.05, 0) is 66.6 Å². The van der Waals surface area contributed by atoms with Crippen LogP contribution in [-0.2, 0) is 9.53 Å². The summed E-state index contributed by atoms with van der Waals surface area (Å²) in [7, 11) is 1.35. The highest BCUT2D eigenvalue weighted by Crippen LogP contribution is 2.37. The molecule has 0 fully saturated rings. The number of halogens is 1. The van der Waals surface area contributed by atoms with E-state index in [1.165, 1.54) is 7.11 Å². The molecule has 6 heteroatoms. The molecule has 0 spiro atoms. The van der Waals surface area contributed by atoms with Crippen LogP contribution in [0.25, 0.3) is 23.1 Å². The van der Waals surface area contributed by atoms with Crippen molar-refractivity contribution < 1.29 is 18.7 Å². The molecule has 1 aliphatic heterocycles. The molecule has 1 amide bonds. The molecule has 0 unspecified atom stereocenters. The van der Waals surface area contributed by atoms with E-state index >= 15 is 0 Å². The van der Waals surface area contributed by atoms with Crippen LogP contribution in [0.3, 0.4) is 0 Å². The minimum absolute atomic E-state index is 0.172. The van der Waals surface area contributed by atoms with Gasteiger partial charge in [-0.1, -0.05) is 60.1 Å². The molecular formula is C30H22ClNO4. The van der Waals surface area contributed by atoms with Crippen molar-refractivity contribution in [2.24, 2.45) is 0 Å². The molecule has 0 saturated heterocycles. The van der Waals surface area contributed by atoms with Crippen molar-refractivity contribution in [1.82, 2.24) is 0 Å². The van der Waals surface area contributed by atoms with Crippen LogP contribution in [0.5, 0.6) is 0 Å². The van der Waals surface area contributed by atoms with Crippen molar-refractivity contribution in [3.05, 3.63) is 124 Å². The van der Waals surface area contributed by atoms with Crippen LogP contribution in [0, 0.1) is 6.92 Å². The summed E-state index contributed by atoms with van der Waals surface area (Å²) in [6.07, 6.45) is 3.59. The Hall–Kier alpha value is -4.35. The van der Waals surface area contributed by atoms with E-state index in [1.807, 2.05) is 67.6 Å². The van der Waals surface area contributed by atoms with Gasteiger partial charge in [-0.3, -0.25) is 9.69 Å². The molecule has 178 valence electrons. The maximum absolute atomic E-state index is 13.6. The second-order valence-electron chi connectivity index (χ2n) is 8.34. The average molecular weight is 496 g/mol. The van der Waals surface area contributed by atoms with Crippen molar-refractivity contribution in [2.45, 2.75) is 6.92 Å². The SMILES string of the molecule is COC(=O)c1ccc(-c2ccc(/C=C3\C=C(c4ccccc4)N(c4ccc(C)c(Cl)c4)C3=O)o2)cc1. The molecule has 2 heterocycles. The monoisotopic (exact) mass is 495 g/mol. The van der Waals surface area contributed by atoms with Crippen molar-refractivity contribution in [3.63, 3.8) is 0 Å². The van der Waals surface area contributed by atoms with Crippen molar-refractivity contribution >= 4 is 40.9 Å². The van der Waals surface area contributed by atoms with Crippen LogP contribution in [0.4, 0.5) is 5.69 Å². The quantitative estimate of drug-likeness (QED) is 0.217. The molecule has 5 rings (SSSR count). The van der Waals surface area contributed by atoms with E-state index in [2.05, 4.69) is 0 Å². The van der Waals surface area contributed by atoms with E-state index < -0.39 is 5.97 Å². The van der Waals surface area contributed by atoms with Gasteiger partial charge in [-0.2, -0.15) is 0 Å². The minimum atomic E-state index is -0.397. The number of amides is 1. The molecule has 1 aromatic heterocycles. The molecule has 4 aromatic rings. The number of benzene rings is 3. The number of furan rings is 1. The molecule has 0 atom stereocenters. The Kier molecular flexibility index (Phi) is 6.32. The van der Waals surface area contributed by atoms with Crippen LogP contribution >= 0.6 is 11.6 Å². The highest BCUT2D eigenvalue weighted by molar-refractivity contribution is 6.32. The zero-order valence-corrected chi connectivity index (χ0v) is 20.5. The third-order valence-electron chi connectivity index (χ3n) is 5.98. The smallest absolute Gasteiger partial charge is 0.337 e. The molecule has 3 aromatic carbocycles. The second-order valence-corrected chi connectivity index (χ2v) is 8.75. The number of carbonyl (C=O) groups excluding carboxylic acids is 2. The first kappa shape index (κ1) is 23.4. The number of rotatable bonds is 5. The Morgan fingerprint density at radius 3 is 2.39 bits per heavy atom. The lowest BCUT2D eigenvalue weighted by Gasteiger charge is -2.21. The zero-order chi connectivity index (χ0) is 25.2. The van der Waals surface area contributed by atoms with E-state index in [9.17, 15) is 9.59 Å². The summed E-state index contributed by atoms with van der Waals surface area (Å²) >= 11 is 6.38. The summed E-state index contributed by atoms with van der Waals surface area (Å²) in [6, 6.07) is 25.9. The first-order valence-corrected chi connectivity index (χ1v) is 11.7. The van der Waals surface area contributed by atoms with E-state index in [1.54, 1.807) is 41.3 Å². The highest BCUT2D eigenvalue weighted by atomic mass is 35.5. The Bertz CT molecular complexity index is 1510. The number of ether oxygens (including phenoxy) is 1. The standard InChI is InChI=1S/C30H22ClNO4/c1-19-8-13-24(18-26(19)31)32-27(20-6-4-3-5-7-20)17-23(29(32)33)16-25-14-15-28(36-25)21-9-11-22(12-10-21)30(34)35-2/h3-18H,1-2H3/b23-16+. The lowest BCUT2D eigenvalue weighted by molar-refractivity contribution is -0.113. The Balaban J connectivity index is 1.49. The molecule has 5 nitrogen and oxygen atoms in total. The summed E-state index contributed by atoms with van der Waals surface area (Å²) in [6.45, 7) is 1.93. The van der Waals surface area contributed by atoms with Crippen LogP contribution < -0.4 is 4.90 Å². The van der Waals surface area contributed by atoms with Gasteiger partial charge in [0.05, 0.1) is 24.1 Å². The molecule has 0 N–H and O–H groups in total. The van der Waals surface area contributed by atoms with Gasteiger partial charge in [0, 0.05) is 16.2 Å². The van der Waals surface area contributed by atoms with Gasteiger partial charge in [0.25, 0.3) is 5.91 Å². The largest absolute Gasteiger partial charge is 0.465 e. The average Bonchev–Trinajstić information content (AvgIpc) is 3.51. The third-order valence-corrected chi connectivity index (χ3v) is 6.39. The van der Waals surface area contributed by atoms with Crippen molar-refractivity contribution in [2.75, 3.05) is 12.0 Å². The zero-order valence-electron chi connectivity index (χ0n) is 19.7. The van der Waals surface area contributed by atoms with Gasteiger partial charge in [0.2, 0.25) is 0 Å². The molecule has 0 bridgehead atoms. The Labute approximate surface area is 213 Å². The summed E-state index contributed by atoms with van der Waals surface area (Å²) in [5, 5.41) is 0.596. The fraction of sp³-hybridized carbons (Fsp3) is 0.0667. The van der Waals surface area contributed by atoms with Crippen LogP contribution in [0.2, 0.25) is 5.02 Å². The van der Waals surface area contributed by atoms with E-state index in [4.69, 9.17) is 20.8 Å². The molecule has 0 radical (unpaired) electrons. The van der Waals surface area contributed by atoms with E-state index in [0.717, 1.165) is 22.4 Å². The number of hydrogen-bond acceptors (Lipinski definition) is 4. The second kappa shape index (κ2) is 9.72. The van der Waals surface area contributed by atoms with E-state index in [0.29, 0.717) is 33.4 Å². The Morgan fingerprint density at radius 2 is 1.69 bits per heavy atom. The topological polar surface area (TPSA) is 59.8 Å².